The summed E-state index contributed by atoms with van der Waals surface area (Å²) >= 11 is 0. The molecular weight excluding hydrogens is 358 g/mol. The zero-order chi connectivity index (χ0) is 18.1. The van der Waals surface area contributed by atoms with Crippen LogP contribution in [0.5, 0.6) is 0 Å². The lowest BCUT2D eigenvalue weighted by Gasteiger charge is -2.12. The van der Waals surface area contributed by atoms with E-state index in [-0.39, 0.29) is 31.7 Å². The largest absolute Gasteiger partial charge is 0.412 e. The molecule has 0 spiro atoms. The second-order valence-corrected chi connectivity index (χ2v) is 5.82. The molecule has 0 heterocycles. The van der Waals surface area contributed by atoms with Crippen molar-refractivity contribution in [2.45, 2.75) is 27.7 Å². The van der Waals surface area contributed by atoms with Gasteiger partial charge in [-0.2, -0.15) is 13.5 Å². The molecule has 2 rings (SSSR count). The van der Waals surface area contributed by atoms with Crippen molar-refractivity contribution >= 4 is 25.0 Å². The zero-order valence-corrected chi connectivity index (χ0v) is 17.5. The van der Waals surface area contributed by atoms with Crippen molar-refractivity contribution in [1.29, 1.82) is 5.41 Å². The standard InChI is InChI=1S/C15H21N3.C6H6.2H2O.H2S.H2/c1-9(2)13(15(16)17)8-18-14-11(4)6-10(3)7-12(14)5;1-2-4-6-5-3-1;;;;/h6-8,18H,1H2,2-5H3,(H3,16,17);1-6H;3*1H2;1H/b13-8-;;;;;. The summed E-state index contributed by atoms with van der Waals surface area (Å²) in [5.74, 6) is 0.0254. The molecule has 0 amide bonds. The Hall–Kier alpha value is -2.54. The Kier molecular flexibility index (Phi) is 15.8. The van der Waals surface area contributed by atoms with Crippen LogP contribution in [0, 0.1) is 26.2 Å². The molecule has 8 N–H and O–H groups in total. The third kappa shape index (κ3) is 10.3. The summed E-state index contributed by atoms with van der Waals surface area (Å²) in [4.78, 5) is 0. The van der Waals surface area contributed by atoms with Gasteiger partial charge in [-0.3, -0.25) is 5.41 Å². The maximum absolute atomic E-state index is 7.50. The van der Waals surface area contributed by atoms with Crippen LogP contribution in [-0.4, -0.2) is 16.8 Å². The van der Waals surface area contributed by atoms with Gasteiger partial charge in [-0.1, -0.05) is 60.7 Å². The summed E-state index contributed by atoms with van der Waals surface area (Å²) < 4.78 is 0. The van der Waals surface area contributed by atoms with Gasteiger partial charge in [0.1, 0.15) is 5.84 Å². The molecule has 2 aromatic rings. The number of rotatable bonds is 4. The lowest BCUT2D eigenvalue weighted by Crippen LogP contribution is -2.15. The van der Waals surface area contributed by atoms with Gasteiger partial charge in [-0.05, 0) is 44.4 Å². The van der Waals surface area contributed by atoms with Crippen LogP contribution in [-0.2, 0) is 0 Å². The van der Waals surface area contributed by atoms with Crippen molar-refractivity contribution in [3.63, 3.8) is 0 Å². The van der Waals surface area contributed by atoms with Crippen molar-refractivity contribution in [1.82, 2.24) is 0 Å². The van der Waals surface area contributed by atoms with Gasteiger partial charge in [0.25, 0.3) is 0 Å². The zero-order valence-electron chi connectivity index (χ0n) is 16.5. The van der Waals surface area contributed by atoms with E-state index in [9.17, 15) is 0 Å². The minimum absolute atomic E-state index is 0. The molecular formula is C21H35N3O2S. The third-order valence-corrected chi connectivity index (χ3v) is 3.45. The van der Waals surface area contributed by atoms with E-state index < -0.39 is 0 Å². The minimum Gasteiger partial charge on any atom is -0.412 e. The minimum atomic E-state index is 0. The monoisotopic (exact) mass is 393 g/mol. The van der Waals surface area contributed by atoms with Crippen LogP contribution in [0.15, 0.2) is 72.5 Å². The number of aryl methyl sites for hydroxylation is 3. The van der Waals surface area contributed by atoms with Crippen LogP contribution in [0.2, 0.25) is 0 Å². The summed E-state index contributed by atoms with van der Waals surface area (Å²) in [5.41, 5.74) is 11.6. The first-order chi connectivity index (χ1) is 11.3. The first-order valence-corrected chi connectivity index (χ1v) is 7.87. The van der Waals surface area contributed by atoms with Gasteiger partial charge in [-0.25, -0.2) is 0 Å². The van der Waals surface area contributed by atoms with Crippen molar-refractivity contribution in [3.8, 4) is 0 Å². The molecule has 27 heavy (non-hydrogen) atoms. The third-order valence-electron chi connectivity index (χ3n) is 3.45. The molecule has 0 aliphatic heterocycles. The highest BCUT2D eigenvalue weighted by molar-refractivity contribution is 7.59. The molecule has 6 heteroatoms. The summed E-state index contributed by atoms with van der Waals surface area (Å²) in [6.45, 7) is 11.9. The number of hydrogen-bond donors (Lipinski definition) is 3. The fourth-order valence-electron chi connectivity index (χ4n) is 2.37. The van der Waals surface area contributed by atoms with Gasteiger partial charge >= 0.3 is 0 Å². The highest BCUT2D eigenvalue weighted by atomic mass is 32.1. The topological polar surface area (TPSA) is 125 Å². The summed E-state index contributed by atoms with van der Waals surface area (Å²) in [6, 6.07) is 16.2. The smallest absolute Gasteiger partial charge is 0.124 e. The Balaban J connectivity index is -0.000000249. The van der Waals surface area contributed by atoms with Crippen LogP contribution < -0.4 is 11.1 Å². The van der Waals surface area contributed by atoms with Gasteiger partial charge in [0.15, 0.2) is 0 Å². The van der Waals surface area contributed by atoms with E-state index in [1.54, 1.807) is 6.20 Å². The first-order valence-electron chi connectivity index (χ1n) is 7.87. The number of nitrogens with two attached hydrogens (primary N) is 1. The van der Waals surface area contributed by atoms with Gasteiger partial charge in [0, 0.05) is 18.9 Å². The normalized spacial score (nSPS) is 9.26. The molecule has 0 bridgehead atoms. The molecule has 5 nitrogen and oxygen atoms in total. The summed E-state index contributed by atoms with van der Waals surface area (Å²) in [5, 5.41) is 10.7. The number of anilines is 1. The van der Waals surface area contributed by atoms with Crippen LogP contribution in [0.25, 0.3) is 0 Å². The molecule has 0 aliphatic rings. The molecule has 0 radical (unpaired) electrons. The highest BCUT2D eigenvalue weighted by Crippen LogP contribution is 2.22. The number of benzene rings is 2. The van der Waals surface area contributed by atoms with Crippen LogP contribution >= 0.6 is 13.5 Å². The van der Waals surface area contributed by atoms with E-state index in [2.05, 4.69) is 44.8 Å². The van der Waals surface area contributed by atoms with Crippen LogP contribution in [0.1, 0.15) is 25.0 Å². The Labute approximate surface area is 171 Å². The van der Waals surface area contributed by atoms with E-state index in [1.165, 1.54) is 16.7 Å². The molecule has 0 aromatic heterocycles. The average Bonchev–Trinajstić information content (AvgIpc) is 2.51. The molecule has 0 saturated carbocycles. The molecule has 0 fully saturated rings. The molecule has 0 atom stereocenters. The highest BCUT2D eigenvalue weighted by Gasteiger charge is 2.05. The van der Waals surface area contributed by atoms with Crippen molar-refractivity contribution in [3.05, 3.63) is 89.1 Å². The lowest BCUT2D eigenvalue weighted by atomic mass is 10.0. The first kappa shape index (κ1) is 29.2. The maximum atomic E-state index is 7.50. The Morgan fingerprint density at radius 2 is 1.37 bits per heavy atom. The lowest BCUT2D eigenvalue weighted by molar-refractivity contribution is 0.823. The average molecular weight is 394 g/mol. The van der Waals surface area contributed by atoms with Crippen molar-refractivity contribution in [2.75, 3.05) is 5.32 Å². The van der Waals surface area contributed by atoms with E-state index in [4.69, 9.17) is 11.1 Å². The second-order valence-electron chi connectivity index (χ2n) is 5.82. The van der Waals surface area contributed by atoms with Gasteiger partial charge in [0.2, 0.25) is 0 Å². The maximum Gasteiger partial charge on any atom is 0.124 e. The fraction of sp³-hybridized carbons (Fsp3) is 0.190. The number of nitrogens with one attached hydrogen (secondary N) is 2. The quantitative estimate of drug-likeness (QED) is 0.415. The predicted octanol–water partition coefficient (Wildman–Crippen LogP) is 3.82. The Morgan fingerprint density at radius 1 is 1.00 bits per heavy atom. The summed E-state index contributed by atoms with van der Waals surface area (Å²) in [7, 11) is 0. The number of hydrogen-bond acceptors (Lipinski definition) is 2. The second kappa shape index (κ2) is 14.6. The van der Waals surface area contributed by atoms with E-state index in [1.807, 2.05) is 43.3 Å². The van der Waals surface area contributed by atoms with E-state index in [0.717, 1.165) is 11.3 Å². The predicted molar refractivity (Wildman–Crippen MR) is 125 cm³/mol. The summed E-state index contributed by atoms with van der Waals surface area (Å²) in [6.07, 6.45) is 1.75. The van der Waals surface area contributed by atoms with E-state index in [0.29, 0.717) is 5.57 Å². The molecule has 0 saturated heterocycles. The van der Waals surface area contributed by atoms with E-state index >= 15 is 0 Å². The van der Waals surface area contributed by atoms with Crippen LogP contribution in [0.3, 0.4) is 0 Å². The Bertz CT molecular complexity index is 685. The van der Waals surface area contributed by atoms with Crippen molar-refractivity contribution in [2.24, 2.45) is 5.73 Å². The van der Waals surface area contributed by atoms with Crippen molar-refractivity contribution < 1.29 is 12.4 Å². The van der Waals surface area contributed by atoms with Crippen LogP contribution in [0.4, 0.5) is 5.69 Å². The molecule has 0 unspecified atom stereocenters. The molecule has 2 aromatic carbocycles. The van der Waals surface area contributed by atoms with Gasteiger partial charge in [0.05, 0.1) is 0 Å². The fourth-order valence-corrected chi connectivity index (χ4v) is 2.37. The SMILES string of the molecule is C=C(C)/C(=C/Nc1c(C)cc(C)cc1C)C(=N)N.O.O.S.[HH].c1ccccc1. The molecule has 152 valence electrons. The Morgan fingerprint density at radius 3 is 1.67 bits per heavy atom. The number of amidine groups is 1. The van der Waals surface area contributed by atoms with Gasteiger partial charge < -0.3 is 22.0 Å². The molecule has 0 aliphatic carbocycles. The van der Waals surface area contributed by atoms with Gasteiger partial charge in [-0.15, -0.1) is 0 Å².